The van der Waals surface area contributed by atoms with Crippen LogP contribution in [0.4, 0.5) is 4.79 Å². The van der Waals surface area contributed by atoms with Crippen LogP contribution in [-0.4, -0.2) is 36.6 Å². The van der Waals surface area contributed by atoms with E-state index in [1.807, 2.05) is 36.4 Å². The van der Waals surface area contributed by atoms with Crippen LogP contribution in [0.15, 0.2) is 48.5 Å². The van der Waals surface area contributed by atoms with Crippen molar-refractivity contribution in [2.45, 2.75) is 45.8 Å². The molecular weight excluding hydrogens is 370 g/mol. The van der Waals surface area contributed by atoms with Gasteiger partial charge < -0.3 is 14.8 Å². The molecule has 1 N–H and O–H groups in total. The highest BCUT2D eigenvalue weighted by atomic mass is 16.6. The van der Waals surface area contributed by atoms with Crippen molar-refractivity contribution >= 4 is 17.8 Å². The molecule has 154 valence electrons. The van der Waals surface area contributed by atoms with E-state index in [2.05, 4.69) is 5.32 Å². The van der Waals surface area contributed by atoms with Crippen molar-refractivity contribution in [3.8, 4) is 11.1 Å². The number of benzene rings is 2. The monoisotopic (exact) mass is 397 g/mol. The number of rotatable bonds is 6. The number of ketones is 1. The van der Waals surface area contributed by atoms with Crippen molar-refractivity contribution in [3.63, 3.8) is 0 Å². The van der Waals surface area contributed by atoms with Gasteiger partial charge in [0, 0.05) is 12.0 Å². The van der Waals surface area contributed by atoms with E-state index in [1.54, 1.807) is 32.9 Å². The van der Waals surface area contributed by atoms with Crippen LogP contribution in [0, 0.1) is 0 Å². The number of hydrogen-bond donors (Lipinski definition) is 1. The Kier molecular flexibility index (Phi) is 7.15. The van der Waals surface area contributed by atoms with Gasteiger partial charge in [0.1, 0.15) is 11.6 Å². The Balaban J connectivity index is 2.10. The third-order valence-corrected chi connectivity index (χ3v) is 4.20. The summed E-state index contributed by atoms with van der Waals surface area (Å²) in [5, 5.41) is 2.57. The van der Waals surface area contributed by atoms with E-state index < -0.39 is 23.7 Å². The van der Waals surface area contributed by atoms with Gasteiger partial charge >= 0.3 is 12.1 Å². The van der Waals surface area contributed by atoms with Crippen molar-refractivity contribution in [1.82, 2.24) is 5.32 Å². The molecule has 1 atom stereocenters. The Bertz CT molecular complexity index is 864. The Labute approximate surface area is 171 Å². The molecule has 0 aliphatic carbocycles. The molecule has 0 aliphatic heterocycles. The Morgan fingerprint density at radius 3 is 1.90 bits per heavy atom. The SMILES string of the molecule is COC(=O)C(Cc1ccc(-c2ccc(C(C)=O)cc2)cc1)NC(=O)OC(C)(C)C. The van der Waals surface area contributed by atoms with E-state index in [1.165, 1.54) is 14.0 Å². The normalized spacial score (nSPS) is 12.0. The van der Waals surface area contributed by atoms with Crippen molar-refractivity contribution in [1.29, 1.82) is 0 Å². The lowest BCUT2D eigenvalue weighted by molar-refractivity contribution is -0.143. The van der Waals surface area contributed by atoms with E-state index in [0.29, 0.717) is 5.56 Å². The molecule has 0 heterocycles. The molecule has 2 aromatic rings. The predicted octanol–water partition coefficient (Wildman–Crippen LogP) is 4.17. The van der Waals surface area contributed by atoms with Gasteiger partial charge in [0.25, 0.3) is 0 Å². The fourth-order valence-electron chi connectivity index (χ4n) is 2.75. The molecule has 29 heavy (non-hydrogen) atoms. The summed E-state index contributed by atoms with van der Waals surface area (Å²) in [5.74, 6) is -0.516. The number of nitrogens with one attached hydrogen (secondary N) is 1. The lowest BCUT2D eigenvalue weighted by Crippen LogP contribution is -2.45. The molecule has 6 nitrogen and oxygen atoms in total. The molecule has 0 fully saturated rings. The van der Waals surface area contributed by atoms with E-state index in [-0.39, 0.29) is 12.2 Å². The zero-order valence-electron chi connectivity index (χ0n) is 17.4. The third-order valence-electron chi connectivity index (χ3n) is 4.20. The van der Waals surface area contributed by atoms with Gasteiger partial charge in [-0.05, 0) is 44.4 Å². The zero-order chi connectivity index (χ0) is 21.6. The van der Waals surface area contributed by atoms with Gasteiger partial charge in [-0.3, -0.25) is 4.79 Å². The topological polar surface area (TPSA) is 81.7 Å². The fraction of sp³-hybridized carbons (Fsp3) is 0.348. The Morgan fingerprint density at radius 2 is 1.45 bits per heavy atom. The van der Waals surface area contributed by atoms with Crippen molar-refractivity contribution in [2.24, 2.45) is 0 Å². The van der Waals surface area contributed by atoms with Crippen LogP contribution < -0.4 is 5.32 Å². The lowest BCUT2D eigenvalue weighted by atomic mass is 9.99. The Morgan fingerprint density at radius 1 is 0.931 bits per heavy atom. The van der Waals surface area contributed by atoms with Crippen molar-refractivity contribution in [3.05, 3.63) is 59.7 Å². The molecule has 1 unspecified atom stereocenters. The summed E-state index contributed by atoms with van der Waals surface area (Å²) in [7, 11) is 1.28. The minimum Gasteiger partial charge on any atom is -0.467 e. The second-order valence-electron chi connectivity index (χ2n) is 7.76. The molecule has 2 rings (SSSR count). The van der Waals surface area contributed by atoms with E-state index in [9.17, 15) is 14.4 Å². The van der Waals surface area contributed by atoms with Crippen LogP contribution in [0.3, 0.4) is 0 Å². The smallest absolute Gasteiger partial charge is 0.408 e. The van der Waals surface area contributed by atoms with Crippen LogP contribution in [0.25, 0.3) is 11.1 Å². The van der Waals surface area contributed by atoms with Crippen LogP contribution in [-0.2, 0) is 20.7 Å². The average molecular weight is 397 g/mol. The molecular formula is C23H27NO5. The summed E-state index contributed by atoms with van der Waals surface area (Å²) >= 11 is 0. The summed E-state index contributed by atoms with van der Waals surface area (Å²) in [5.41, 5.74) is 2.83. The number of ether oxygens (including phenoxy) is 2. The maximum atomic E-state index is 12.1. The first-order valence-corrected chi connectivity index (χ1v) is 9.36. The van der Waals surface area contributed by atoms with E-state index in [4.69, 9.17) is 9.47 Å². The number of amides is 1. The number of hydrogen-bond acceptors (Lipinski definition) is 5. The van der Waals surface area contributed by atoms with Gasteiger partial charge in [0.15, 0.2) is 5.78 Å². The summed E-state index contributed by atoms with van der Waals surface area (Å²) in [6, 6.07) is 14.2. The quantitative estimate of drug-likeness (QED) is 0.584. The summed E-state index contributed by atoms with van der Waals surface area (Å²) in [6.45, 7) is 6.79. The fourth-order valence-corrected chi connectivity index (χ4v) is 2.75. The number of alkyl carbamates (subject to hydrolysis) is 1. The Hall–Kier alpha value is -3.15. The molecule has 0 radical (unpaired) electrons. The van der Waals surface area contributed by atoms with Crippen LogP contribution >= 0.6 is 0 Å². The molecule has 0 saturated heterocycles. The zero-order valence-corrected chi connectivity index (χ0v) is 17.4. The first-order chi connectivity index (χ1) is 13.6. The molecule has 0 spiro atoms. The van der Waals surface area contributed by atoms with Gasteiger partial charge in [-0.2, -0.15) is 0 Å². The molecule has 2 aromatic carbocycles. The number of esters is 1. The highest BCUT2D eigenvalue weighted by Gasteiger charge is 2.25. The summed E-state index contributed by atoms with van der Waals surface area (Å²) in [4.78, 5) is 35.5. The standard InChI is InChI=1S/C23H27NO5/c1-15(25)17-10-12-19(13-11-17)18-8-6-16(7-9-18)14-20(21(26)28-5)24-22(27)29-23(2,3)4/h6-13,20H,14H2,1-5H3,(H,24,27). The molecule has 0 saturated carbocycles. The van der Waals surface area contributed by atoms with Crippen molar-refractivity contribution in [2.75, 3.05) is 7.11 Å². The van der Waals surface area contributed by atoms with E-state index >= 15 is 0 Å². The summed E-state index contributed by atoms with van der Waals surface area (Å²) in [6.07, 6.45) is -0.398. The van der Waals surface area contributed by atoms with Gasteiger partial charge in [0.2, 0.25) is 0 Å². The van der Waals surface area contributed by atoms with Crippen LogP contribution in [0.5, 0.6) is 0 Å². The van der Waals surface area contributed by atoms with Crippen LogP contribution in [0.2, 0.25) is 0 Å². The molecule has 6 heteroatoms. The second-order valence-corrected chi connectivity index (χ2v) is 7.76. The molecule has 0 bridgehead atoms. The van der Waals surface area contributed by atoms with Crippen LogP contribution in [0.1, 0.15) is 43.6 Å². The van der Waals surface area contributed by atoms with Gasteiger partial charge in [-0.15, -0.1) is 0 Å². The number of carbonyl (C=O) groups is 3. The molecule has 0 aromatic heterocycles. The maximum Gasteiger partial charge on any atom is 0.408 e. The van der Waals surface area contributed by atoms with Crippen molar-refractivity contribution < 1.29 is 23.9 Å². The number of Topliss-reactive ketones (excluding diaryl/α,β-unsaturated/α-hetero) is 1. The van der Waals surface area contributed by atoms with Gasteiger partial charge in [-0.25, -0.2) is 9.59 Å². The third kappa shape index (κ3) is 6.75. The largest absolute Gasteiger partial charge is 0.467 e. The van der Waals surface area contributed by atoms with Gasteiger partial charge in [-0.1, -0.05) is 48.5 Å². The maximum absolute atomic E-state index is 12.1. The van der Waals surface area contributed by atoms with E-state index in [0.717, 1.165) is 16.7 Å². The molecule has 1 amide bonds. The second kappa shape index (κ2) is 9.37. The first kappa shape index (κ1) is 22.1. The minimum absolute atomic E-state index is 0.0261. The average Bonchev–Trinajstić information content (AvgIpc) is 2.66. The first-order valence-electron chi connectivity index (χ1n) is 9.36. The highest BCUT2D eigenvalue weighted by Crippen LogP contribution is 2.21. The number of methoxy groups -OCH3 is 1. The van der Waals surface area contributed by atoms with Gasteiger partial charge in [0.05, 0.1) is 7.11 Å². The highest BCUT2D eigenvalue weighted by molar-refractivity contribution is 5.94. The minimum atomic E-state index is -0.851. The predicted molar refractivity (Wildman–Crippen MR) is 111 cm³/mol. The lowest BCUT2D eigenvalue weighted by Gasteiger charge is -2.22. The summed E-state index contributed by atoms with van der Waals surface area (Å²) < 4.78 is 10.0. The number of carbonyl (C=O) groups excluding carboxylic acids is 3. The molecule has 0 aliphatic rings.